The maximum Gasteiger partial charge on any atom is 0.413 e. The standard InChI is InChI=1S/C92H137N3O16Si3/c1-63(53-54-77(97)66(4)83(111-112(25,26)89(12,13)14)64(2)55-56-106-113(90(15,16)17,70-43-31-27-32-44-70)71-45-33-28-34-46-71)79(102-24)59-80(67(5)78(101-23)51-40-52-81-93-75(61-103-81)85(99)108-87(6,7)8)107-82(98)58-69(110-114(91(18,19)20,72-47-35-29-36-48-72)73-49-37-30-38-50-73)42-39-41-68(96)57-65(3)74-60-104-84(94-74)76-62-105-92(21,22)95(76)86(100)109-88(9,10)11/h27-38,40,43-50,52,60-61,63-67,69,76,78-80,83H,39,41-42,51,53-59,62H2,1-26H3/b52-40+/t63-,64+,65-,66-,67+,69-,76-,78-,79-,80-,83+/m0/s1. The van der Waals surface area contributed by atoms with Crippen LogP contribution in [0, 0.1) is 23.7 Å². The number of hydrogen-bond donors (Lipinski definition) is 0. The number of oxazole rings is 2. The fraction of sp³-hybridized carbons (Fsp3) is 0.598. The summed E-state index contributed by atoms with van der Waals surface area (Å²) in [5.74, 6) is -1.97. The van der Waals surface area contributed by atoms with Crippen molar-refractivity contribution in [1.82, 2.24) is 14.9 Å². The van der Waals surface area contributed by atoms with Gasteiger partial charge < -0.3 is 50.5 Å². The first-order valence-electron chi connectivity index (χ1n) is 41.2. The minimum atomic E-state index is -3.34. The Morgan fingerprint density at radius 2 is 1.12 bits per heavy atom. The molecule has 0 unspecified atom stereocenters. The van der Waals surface area contributed by atoms with E-state index in [1.807, 2.05) is 84.0 Å². The lowest BCUT2D eigenvalue weighted by atomic mass is 9.84. The number of carbonyl (C=O) groups is 5. The lowest BCUT2D eigenvalue weighted by Gasteiger charge is -2.45. The molecule has 1 aliphatic heterocycles. The van der Waals surface area contributed by atoms with E-state index in [1.54, 1.807) is 61.2 Å². The van der Waals surface area contributed by atoms with Crippen LogP contribution >= 0.6 is 0 Å². The van der Waals surface area contributed by atoms with Gasteiger partial charge in [-0.25, -0.2) is 19.6 Å². The number of esters is 2. The highest BCUT2D eigenvalue weighted by molar-refractivity contribution is 7.00. The Labute approximate surface area is 685 Å². The maximum atomic E-state index is 15.6. The third kappa shape index (κ3) is 24.8. The number of Topliss-reactive ketones (excluding diaryl/α,β-unsaturated/α-hetero) is 2. The van der Waals surface area contributed by atoms with Gasteiger partial charge in [-0.05, 0) is 154 Å². The fourth-order valence-corrected chi connectivity index (χ4v) is 26.2. The third-order valence-electron chi connectivity index (χ3n) is 22.9. The molecule has 1 fully saturated rings. The van der Waals surface area contributed by atoms with Gasteiger partial charge in [-0.3, -0.25) is 19.3 Å². The van der Waals surface area contributed by atoms with E-state index >= 15 is 9.59 Å². The molecule has 4 aromatic carbocycles. The summed E-state index contributed by atoms with van der Waals surface area (Å²) in [7, 11) is -5.34. The Morgan fingerprint density at radius 1 is 0.596 bits per heavy atom. The van der Waals surface area contributed by atoms with E-state index in [2.05, 4.69) is 179 Å². The molecule has 0 spiro atoms. The highest BCUT2D eigenvalue weighted by atomic mass is 28.4. The number of ketones is 2. The molecule has 22 heteroatoms. The van der Waals surface area contributed by atoms with Gasteiger partial charge in [0.05, 0.1) is 43.1 Å². The van der Waals surface area contributed by atoms with Gasteiger partial charge in [-0.2, -0.15) is 0 Å². The molecular weight excluding hydrogens is 1490 g/mol. The summed E-state index contributed by atoms with van der Waals surface area (Å²) in [5, 5.41) is 3.70. The lowest BCUT2D eigenvalue weighted by molar-refractivity contribution is -0.159. The highest BCUT2D eigenvalue weighted by Gasteiger charge is 2.54. The summed E-state index contributed by atoms with van der Waals surface area (Å²) in [4.78, 5) is 82.3. The van der Waals surface area contributed by atoms with Crippen LogP contribution in [0.3, 0.4) is 0 Å². The van der Waals surface area contributed by atoms with Gasteiger partial charge in [0.15, 0.2) is 14.0 Å². The van der Waals surface area contributed by atoms with Crippen molar-refractivity contribution in [1.29, 1.82) is 0 Å². The maximum absolute atomic E-state index is 15.6. The summed E-state index contributed by atoms with van der Waals surface area (Å²) in [6.07, 6.45) is 5.85. The Balaban J connectivity index is 1.16. The molecule has 3 heterocycles. The predicted octanol–water partition coefficient (Wildman–Crippen LogP) is 18.9. The molecule has 6 aromatic rings. The minimum Gasteiger partial charge on any atom is -0.462 e. The Bertz CT molecular complexity index is 3960. The Morgan fingerprint density at radius 3 is 1.62 bits per heavy atom. The average molecular weight is 1630 g/mol. The summed E-state index contributed by atoms with van der Waals surface area (Å²) in [5.41, 5.74) is -1.85. The molecule has 1 aliphatic rings. The predicted molar refractivity (Wildman–Crippen MR) is 459 cm³/mol. The van der Waals surface area contributed by atoms with Crippen LogP contribution in [0.15, 0.2) is 149 Å². The summed E-state index contributed by atoms with van der Waals surface area (Å²) < 4.78 is 71.5. The van der Waals surface area contributed by atoms with Crippen LogP contribution in [0.4, 0.5) is 4.79 Å². The number of hydrogen-bond acceptors (Lipinski definition) is 18. The molecule has 1 amide bonds. The Kier molecular flexibility index (Phi) is 33.0. The van der Waals surface area contributed by atoms with Gasteiger partial charge in [0.25, 0.3) is 16.6 Å². The lowest BCUT2D eigenvalue weighted by Crippen LogP contribution is -2.67. The molecule has 0 saturated carbocycles. The molecule has 2 aromatic heterocycles. The number of methoxy groups -OCH3 is 2. The van der Waals surface area contributed by atoms with Crippen LogP contribution in [0.5, 0.6) is 0 Å². The zero-order chi connectivity index (χ0) is 84.6. The zero-order valence-corrected chi connectivity index (χ0v) is 76.6. The van der Waals surface area contributed by atoms with Crippen molar-refractivity contribution < 1.29 is 74.5 Å². The molecule has 628 valence electrons. The fourth-order valence-electron chi connectivity index (χ4n) is 15.5. The molecule has 19 nitrogen and oxygen atoms in total. The summed E-state index contributed by atoms with van der Waals surface area (Å²) in [6, 6.07) is 41.3. The topological polar surface area (TPSA) is 224 Å². The minimum absolute atomic E-state index is 0.00256. The number of benzene rings is 4. The van der Waals surface area contributed by atoms with Crippen LogP contribution in [-0.4, -0.2) is 144 Å². The van der Waals surface area contributed by atoms with Crippen LogP contribution in [0.2, 0.25) is 28.2 Å². The molecule has 1 saturated heterocycles. The molecule has 11 atom stereocenters. The molecule has 0 radical (unpaired) electrons. The van der Waals surface area contributed by atoms with Crippen molar-refractivity contribution in [3.63, 3.8) is 0 Å². The van der Waals surface area contributed by atoms with E-state index in [0.717, 1.165) is 10.4 Å². The Hall–Kier alpha value is -7.00. The van der Waals surface area contributed by atoms with E-state index < -0.39 is 107 Å². The first kappa shape index (κ1) is 94.2. The van der Waals surface area contributed by atoms with Crippen molar-refractivity contribution >= 4 is 81.4 Å². The van der Waals surface area contributed by atoms with E-state index in [4.69, 9.17) is 55.5 Å². The second-order valence-electron chi connectivity index (χ2n) is 37.7. The van der Waals surface area contributed by atoms with E-state index in [-0.39, 0.29) is 95.8 Å². The quantitative estimate of drug-likeness (QED) is 0.0198. The number of carbonyl (C=O) groups excluding carboxylic acids is 5. The summed E-state index contributed by atoms with van der Waals surface area (Å²) in [6.45, 7) is 50.0. The van der Waals surface area contributed by atoms with Crippen molar-refractivity contribution in [2.75, 3.05) is 27.4 Å². The van der Waals surface area contributed by atoms with E-state index in [1.165, 1.54) is 21.5 Å². The first-order chi connectivity index (χ1) is 53.2. The first-order valence-corrected chi connectivity index (χ1v) is 47.9. The highest BCUT2D eigenvalue weighted by Crippen LogP contribution is 2.44. The zero-order valence-electron chi connectivity index (χ0n) is 73.6. The SMILES string of the molecule is CO[C@@H](C/C=C/c1nc(C(=O)OC(C)(C)C)co1)[C@@H](C)[C@H](C[C@H](OC)[C@@H](C)CCC(=O)[C@H](C)[C@H](O[Si](C)(C)C(C)(C)C)[C@H](C)CCO[Si](c1ccccc1)(c1ccccc1)C(C)(C)C)OC(=O)C[C@H](CCCC(=O)C[C@H](C)c1coc([C@@H]2COC(C)(C)N2C(=O)OC(C)(C)C)n1)O[Si](c1ccccc1)(c1ccccc1)C(C)(C)C. The molecule has 0 bridgehead atoms. The van der Waals surface area contributed by atoms with Gasteiger partial charge in [0.1, 0.15) is 53.2 Å². The number of rotatable bonds is 40. The molecular formula is C92H137N3O16Si3. The number of ether oxygens (including phenoxy) is 6. The second kappa shape index (κ2) is 40.0. The van der Waals surface area contributed by atoms with E-state index in [9.17, 15) is 14.4 Å². The smallest absolute Gasteiger partial charge is 0.413 e. The number of amides is 1. The van der Waals surface area contributed by atoms with Crippen LogP contribution in [-0.2, 0) is 56.1 Å². The molecule has 0 N–H and O–H groups in total. The van der Waals surface area contributed by atoms with Crippen molar-refractivity contribution in [3.05, 3.63) is 163 Å². The summed E-state index contributed by atoms with van der Waals surface area (Å²) >= 11 is 0. The van der Waals surface area contributed by atoms with Crippen molar-refractivity contribution in [2.45, 2.75) is 304 Å². The van der Waals surface area contributed by atoms with Crippen LogP contribution in [0.25, 0.3) is 6.08 Å². The van der Waals surface area contributed by atoms with Gasteiger partial charge in [0, 0.05) is 64.3 Å². The average Bonchev–Trinajstić information content (AvgIpc) is 1.05. The van der Waals surface area contributed by atoms with Gasteiger partial charge in [-0.15, -0.1) is 0 Å². The van der Waals surface area contributed by atoms with Gasteiger partial charge in [-0.1, -0.05) is 224 Å². The van der Waals surface area contributed by atoms with Crippen molar-refractivity contribution in [2.24, 2.45) is 23.7 Å². The molecule has 114 heavy (non-hydrogen) atoms. The third-order valence-corrected chi connectivity index (χ3v) is 37.6. The monoisotopic (exact) mass is 1620 g/mol. The molecule has 0 aliphatic carbocycles. The normalized spacial score (nSPS) is 17.5. The number of nitrogens with zero attached hydrogens (tertiary/aromatic N) is 3. The van der Waals surface area contributed by atoms with Gasteiger partial charge in [0.2, 0.25) is 11.8 Å². The molecule has 7 rings (SSSR count). The van der Waals surface area contributed by atoms with Crippen LogP contribution < -0.4 is 20.7 Å². The largest absolute Gasteiger partial charge is 0.462 e. The van der Waals surface area contributed by atoms with Gasteiger partial charge >= 0.3 is 18.0 Å². The number of aromatic nitrogens is 2. The second-order valence-corrected chi connectivity index (χ2v) is 51.0. The van der Waals surface area contributed by atoms with Crippen LogP contribution in [0.1, 0.15) is 256 Å². The van der Waals surface area contributed by atoms with Crippen molar-refractivity contribution in [3.8, 4) is 0 Å². The van der Waals surface area contributed by atoms with E-state index in [0.29, 0.717) is 50.3 Å².